The minimum Gasteiger partial charge on any atom is -0.465 e. The lowest BCUT2D eigenvalue weighted by molar-refractivity contribution is 0.0605. The van der Waals surface area contributed by atoms with Gasteiger partial charge in [-0.15, -0.1) is 0 Å². The fourth-order valence-corrected chi connectivity index (χ4v) is 3.05. The van der Waals surface area contributed by atoms with Crippen molar-refractivity contribution in [1.29, 1.82) is 0 Å². The lowest BCUT2D eigenvalue weighted by atomic mass is 10.1. The maximum atomic E-state index is 11.6. The molecule has 4 nitrogen and oxygen atoms in total. The number of nitrogens with zero attached hydrogens (tertiary/aromatic N) is 1. The van der Waals surface area contributed by atoms with Crippen molar-refractivity contribution in [1.82, 2.24) is 4.98 Å². The fourth-order valence-electron chi connectivity index (χ4n) is 2.05. The van der Waals surface area contributed by atoms with Crippen molar-refractivity contribution >= 4 is 22.4 Å². The Morgan fingerprint density at radius 3 is 2.76 bits per heavy atom. The molecular weight excluding hydrogens is 284 g/mol. The van der Waals surface area contributed by atoms with Crippen molar-refractivity contribution in [3.05, 3.63) is 46.5 Å². The predicted molar refractivity (Wildman–Crippen MR) is 86.0 cm³/mol. The van der Waals surface area contributed by atoms with Gasteiger partial charge in [-0.25, -0.2) is 9.78 Å². The third-order valence-corrected chi connectivity index (χ3v) is 4.31. The number of esters is 1. The van der Waals surface area contributed by atoms with Gasteiger partial charge in [-0.05, 0) is 32.3 Å². The number of ether oxygens (including phenoxy) is 1. The van der Waals surface area contributed by atoms with E-state index in [9.17, 15) is 4.79 Å². The van der Waals surface area contributed by atoms with E-state index < -0.39 is 0 Å². The molecule has 0 radical (unpaired) electrons. The molecule has 0 aliphatic rings. The lowest BCUT2D eigenvalue weighted by Crippen LogP contribution is -2.15. The minimum absolute atomic E-state index is 0.293. The first-order valence-electron chi connectivity index (χ1n) is 6.96. The summed E-state index contributed by atoms with van der Waals surface area (Å²) in [5, 5.41) is 4.12. The van der Waals surface area contributed by atoms with E-state index in [-0.39, 0.29) is 5.97 Å². The predicted octanol–water partition coefficient (Wildman–Crippen LogP) is 3.67. The molecule has 0 fully saturated rings. The summed E-state index contributed by atoms with van der Waals surface area (Å²) in [6.07, 6.45) is 2.03. The molecule has 0 saturated carbocycles. The number of carbonyl (C=O) groups excluding carboxylic acids is 1. The van der Waals surface area contributed by atoms with E-state index in [1.165, 1.54) is 24.0 Å². The van der Waals surface area contributed by atoms with Crippen molar-refractivity contribution in [3.8, 4) is 0 Å². The number of anilines is 1. The Kier molecular flexibility index (Phi) is 5.33. The van der Waals surface area contributed by atoms with Crippen LogP contribution in [0.1, 0.15) is 34.3 Å². The maximum Gasteiger partial charge on any atom is 0.350 e. The van der Waals surface area contributed by atoms with Gasteiger partial charge in [-0.3, -0.25) is 0 Å². The van der Waals surface area contributed by atoms with Crippen LogP contribution in [0.25, 0.3) is 0 Å². The summed E-state index contributed by atoms with van der Waals surface area (Å²) in [4.78, 5) is 16.5. The van der Waals surface area contributed by atoms with Crippen LogP contribution in [0, 0.1) is 6.92 Å². The molecule has 2 rings (SSSR count). The summed E-state index contributed by atoms with van der Waals surface area (Å²) in [6, 6.07) is 10.7. The molecule has 5 heteroatoms. The first kappa shape index (κ1) is 15.5. The van der Waals surface area contributed by atoms with Crippen LogP contribution < -0.4 is 5.32 Å². The molecule has 1 aromatic carbocycles. The summed E-state index contributed by atoms with van der Waals surface area (Å²) >= 11 is 1.35. The van der Waals surface area contributed by atoms with Crippen molar-refractivity contribution in [2.75, 3.05) is 12.4 Å². The number of rotatable bonds is 6. The zero-order valence-corrected chi connectivity index (χ0v) is 13.4. The molecule has 0 saturated heterocycles. The summed E-state index contributed by atoms with van der Waals surface area (Å²) in [7, 11) is 1.39. The highest BCUT2D eigenvalue weighted by molar-refractivity contribution is 7.17. The first-order chi connectivity index (χ1) is 10.1. The molecule has 0 aliphatic carbocycles. The number of methoxy groups -OCH3 is 1. The average molecular weight is 304 g/mol. The summed E-state index contributed by atoms with van der Waals surface area (Å²) in [6.45, 7) is 3.94. The molecule has 0 aliphatic heterocycles. The van der Waals surface area contributed by atoms with E-state index in [1.54, 1.807) is 0 Å². The Bertz CT molecular complexity index is 596. The van der Waals surface area contributed by atoms with Gasteiger partial charge in [-0.2, -0.15) is 0 Å². The van der Waals surface area contributed by atoms with Gasteiger partial charge in [0.2, 0.25) is 0 Å². The van der Waals surface area contributed by atoms with Crippen LogP contribution in [0.15, 0.2) is 30.3 Å². The Labute approximate surface area is 129 Å². The molecule has 2 aromatic rings. The van der Waals surface area contributed by atoms with Gasteiger partial charge in [0.1, 0.15) is 4.88 Å². The average Bonchev–Trinajstić information content (AvgIpc) is 2.86. The molecule has 1 atom stereocenters. The first-order valence-corrected chi connectivity index (χ1v) is 7.78. The molecule has 0 amide bonds. The number of hydrogen-bond donors (Lipinski definition) is 1. The van der Waals surface area contributed by atoms with E-state index >= 15 is 0 Å². The van der Waals surface area contributed by atoms with Crippen LogP contribution in [0.4, 0.5) is 5.13 Å². The van der Waals surface area contributed by atoms with Crippen molar-refractivity contribution < 1.29 is 9.53 Å². The largest absolute Gasteiger partial charge is 0.465 e. The van der Waals surface area contributed by atoms with Gasteiger partial charge < -0.3 is 10.1 Å². The second-order valence-corrected chi connectivity index (χ2v) is 5.99. The topological polar surface area (TPSA) is 51.2 Å². The number of aryl methyl sites for hydroxylation is 2. The van der Waals surface area contributed by atoms with Crippen LogP contribution in [0.2, 0.25) is 0 Å². The quantitative estimate of drug-likeness (QED) is 0.827. The van der Waals surface area contributed by atoms with E-state index in [1.807, 2.05) is 13.0 Å². The molecule has 1 unspecified atom stereocenters. The van der Waals surface area contributed by atoms with Gasteiger partial charge in [0.25, 0.3) is 0 Å². The number of aromatic nitrogens is 1. The zero-order chi connectivity index (χ0) is 15.2. The Balaban J connectivity index is 1.91. The fraction of sp³-hybridized carbons (Fsp3) is 0.375. The molecule has 1 N–H and O–H groups in total. The van der Waals surface area contributed by atoms with Crippen LogP contribution in [0.5, 0.6) is 0 Å². The standard InChI is InChI=1S/C16H20N2O2S/c1-11(9-10-13-7-5-4-6-8-13)17-16-18-12(2)14(21-16)15(19)20-3/h4-8,11H,9-10H2,1-3H3,(H,17,18). The van der Waals surface area contributed by atoms with Crippen LogP contribution >= 0.6 is 11.3 Å². The highest BCUT2D eigenvalue weighted by atomic mass is 32.1. The van der Waals surface area contributed by atoms with Crippen LogP contribution in [-0.2, 0) is 11.2 Å². The third-order valence-electron chi connectivity index (χ3n) is 3.25. The number of hydrogen-bond acceptors (Lipinski definition) is 5. The van der Waals surface area contributed by atoms with Crippen molar-refractivity contribution in [3.63, 3.8) is 0 Å². The molecule has 0 bridgehead atoms. The SMILES string of the molecule is COC(=O)c1sc(NC(C)CCc2ccccc2)nc1C. The molecular formula is C16H20N2O2S. The second-order valence-electron chi connectivity index (χ2n) is 4.99. The third kappa shape index (κ3) is 4.29. The number of thiazole rings is 1. The molecule has 0 spiro atoms. The number of carbonyl (C=O) groups is 1. The van der Waals surface area contributed by atoms with Gasteiger partial charge in [0.05, 0.1) is 12.8 Å². The van der Waals surface area contributed by atoms with Gasteiger partial charge in [0.15, 0.2) is 5.13 Å². The summed E-state index contributed by atoms with van der Waals surface area (Å²) in [5.41, 5.74) is 2.04. The number of nitrogens with one attached hydrogen (secondary N) is 1. The van der Waals surface area contributed by atoms with Gasteiger partial charge >= 0.3 is 5.97 Å². The van der Waals surface area contributed by atoms with Crippen molar-refractivity contribution in [2.45, 2.75) is 32.7 Å². The zero-order valence-electron chi connectivity index (χ0n) is 12.6. The molecule has 1 heterocycles. The van der Waals surface area contributed by atoms with Gasteiger partial charge in [-0.1, -0.05) is 41.7 Å². The van der Waals surface area contributed by atoms with Crippen molar-refractivity contribution in [2.24, 2.45) is 0 Å². The van der Waals surface area contributed by atoms with Crippen LogP contribution in [-0.4, -0.2) is 24.1 Å². The Morgan fingerprint density at radius 2 is 2.10 bits per heavy atom. The minimum atomic E-state index is -0.324. The summed E-state index contributed by atoms with van der Waals surface area (Å²) < 4.78 is 4.74. The van der Waals surface area contributed by atoms with E-state index in [4.69, 9.17) is 4.74 Å². The second kappa shape index (κ2) is 7.22. The highest BCUT2D eigenvalue weighted by Gasteiger charge is 2.16. The molecule has 1 aromatic heterocycles. The lowest BCUT2D eigenvalue weighted by Gasteiger charge is -2.12. The highest BCUT2D eigenvalue weighted by Crippen LogP contribution is 2.24. The number of benzene rings is 1. The van der Waals surface area contributed by atoms with E-state index in [0.29, 0.717) is 16.6 Å². The van der Waals surface area contributed by atoms with Crippen LogP contribution in [0.3, 0.4) is 0 Å². The Morgan fingerprint density at radius 1 is 1.38 bits per heavy atom. The van der Waals surface area contributed by atoms with Gasteiger partial charge in [0, 0.05) is 6.04 Å². The monoisotopic (exact) mass is 304 g/mol. The normalized spacial score (nSPS) is 12.0. The molecule has 21 heavy (non-hydrogen) atoms. The van der Waals surface area contributed by atoms with E-state index in [0.717, 1.165) is 18.0 Å². The maximum absolute atomic E-state index is 11.6. The molecule has 112 valence electrons. The summed E-state index contributed by atoms with van der Waals surface area (Å²) in [5.74, 6) is -0.324. The smallest absolute Gasteiger partial charge is 0.350 e. The van der Waals surface area contributed by atoms with E-state index in [2.05, 4.69) is 41.5 Å². The Hall–Kier alpha value is -1.88.